The van der Waals surface area contributed by atoms with Crippen LogP contribution in [0.2, 0.25) is 0 Å². The van der Waals surface area contributed by atoms with Crippen LogP contribution in [0.3, 0.4) is 0 Å². The minimum atomic E-state index is 0.246. The highest BCUT2D eigenvalue weighted by molar-refractivity contribution is 4.78. The molecular weight excluding hydrogens is 178 g/mol. The van der Waals surface area contributed by atoms with E-state index in [1.807, 2.05) is 7.05 Å². The Bertz CT molecular complexity index is 132. The second-order valence-corrected chi connectivity index (χ2v) is 4.63. The van der Waals surface area contributed by atoms with E-state index in [1.165, 1.54) is 0 Å². The summed E-state index contributed by atoms with van der Waals surface area (Å²) >= 11 is 0. The van der Waals surface area contributed by atoms with Crippen LogP contribution in [0.25, 0.3) is 0 Å². The Morgan fingerprint density at radius 2 is 1.86 bits per heavy atom. The maximum Gasteiger partial charge on any atom is 0.0624 e. The summed E-state index contributed by atoms with van der Waals surface area (Å²) in [6.07, 6.45) is 0.969. The molecule has 3 heteroatoms. The van der Waals surface area contributed by atoms with Crippen molar-refractivity contribution in [3.8, 4) is 0 Å². The molecule has 0 aromatic heterocycles. The first-order valence-electron chi connectivity index (χ1n) is 5.26. The number of ether oxygens (including phenoxy) is 2. The summed E-state index contributed by atoms with van der Waals surface area (Å²) in [5, 5.41) is 3.28. The van der Waals surface area contributed by atoms with E-state index in [9.17, 15) is 0 Å². The number of methoxy groups -OCH3 is 1. The highest BCUT2D eigenvalue weighted by Gasteiger charge is 2.22. The average Bonchev–Trinajstić information content (AvgIpc) is 2.09. The predicted octanol–water partition coefficient (Wildman–Crippen LogP) is 1.67. The first kappa shape index (κ1) is 13.9. The Kier molecular flexibility index (Phi) is 7.15. The Hall–Kier alpha value is -0.120. The third kappa shape index (κ3) is 6.35. The van der Waals surface area contributed by atoms with Gasteiger partial charge in [0.1, 0.15) is 0 Å². The third-order valence-electron chi connectivity index (χ3n) is 2.32. The van der Waals surface area contributed by atoms with Gasteiger partial charge in [-0.15, -0.1) is 0 Å². The first-order valence-corrected chi connectivity index (χ1v) is 5.26. The van der Waals surface area contributed by atoms with Gasteiger partial charge in [0, 0.05) is 26.4 Å². The van der Waals surface area contributed by atoms with Crippen molar-refractivity contribution in [2.75, 3.05) is 34.0 Å². The van der Waals surface area contributed by atoms with Crippen molar-refractivity contribution in [3.63, 3.8) is 0 Å². The maximum atomic E-state index is 5.57. The summed E-state index contributed by atoms with van der Waals surface area (Å²) in [6, 6.07) is 0.407. The summed E-state index contributed by atoms with van der Waals surface area (Å²) in [6.45, 7) is 8.97. The van der Waals surface area contributed by atoms with Crippen molar-refractivity contribution < 1.29 is 9.47 Å². The molecule has 0 radical (unpaired) electrons. The lowest BCUT2D eigenvalue weighted by Gasteiger charge is -2.30. The Morgan fingerprint density at radius 1 is 1.21 bits per heavy atom. The molecule has 14 heavy (non-hydrogen) atoms. The molecule has 0 amide bonds. The molecule has 0 aliphatic heterocycles. The molecule has 86 valence electrons. The smallest absolute Gasteiger partial charge is 0.0624 e. The third-order valence-corrected chi connectivity index (χ3v) is 2.32. The van der Waals surface area contributed by atoms with E-state index < -0.39 is 0 Å². The fourth-order valence-electron chi connectivity index (χ4n) is 1.27. The quantitative estimate of drug-likeness (QED) is 0.639. The minimum Gasteiger partial charge on any atom is -0.385 e. The van der Waals surface area contributed by atoms with E-state index in [-0.39, 0.29) is 5.41 Å². The predicted molar refractivity (Wildman–Crippen MR) is 59.6 cm³/mol. The molecule has 0 spiro atoms. The van der Waals surface area contributed by atoms with E-state index in [1.54, 1.807) is 7.11 Å². The number of hydrogen-bond acceptors (Lipinski definition) is 3. The Morgan fingerprint density at radius 3 is 2.29 bits per heavy atom. The normalized spacial score (nSPS) is 14.4. The van der Waals surface area contributed by atoms with Gasteiger partial charge < -0.3 is 14.8 Å². The van der Waals surface area contributed by atoms with Gasteiger partial charge in [0.15, 0.2) is 0 Å². The molecule has 1 N–H and O–H groups in total. The fourth-order valence-corrected chi connectivity index (χ4v) is 1.27. The summed E-state index contributed by atoms with van der Waals surface area (Å²) < 4.78 is 10.5. The molecule has 0 rings (SSSR count). The molecule has 0 aliphatic rings. The van der Waals surface area contributed by atoms with Crippen molar-refractivity contribution in [1.82, 2.24) is 5.32 Å². The van der Waals surface area contributed by atoms with Gasteiger partial charge in [0.2, 0.25) is 0 Å². The van der Waals surface area contributed by atoms with Crippen molar-refractivity contribution in [3.05, 3.63) is 0 Å². The van der Waals surface area contributed by atoms with Crippen LogP contribution in [0.15, 0.2) is 0 Å². The van der Waals surface area contributed by atoms with E-state index in [0.29, 0.717) is 6.04 Å². The molecule has 0 fully saturated rings. The molecule has 0 heterocycles. The molecular formula is C11H25NO2. The fraction of sp³-hybridized carbons (Fsp3) is 1.00. The van der Waals surface area contributed by atoms with Gasteiger partial charge >= 0.3 is 0 Å². The van der Waals surface area contributed by atoms with Crippen molar-refractivity contribution in [1.29, 1.82) is 0 Å². The van der Waals surface area contributed by atoms with Gasteiger partial charge in [0.05, 0.1) is 6.61 Å². The lowest BCUT2D eigenvalue weighted by molar-refractivity contribution is 0.0638. The number of likely N-dealkylation sites (N-methyl/N-ethyl adjacent to an activating group) is 1. The Balaban J connectivity index is 3.54. The van der Waals surface area contributed by atoms with Crippen molar-refractivity contribution >= 4 is 0 Å². The molecule has 1 unspecified atom stereocenters. The number of rotatable bonds is 7. The molecule has 0 bridgehead atoms. The van der Waals surface area contributed by atoms with Gasteiger partial charge in [-0.3, -0.25) is 0 Å². The molecule has 0 aliphatic carbocycles. The van der Waals surface area contributed by atoms with Crippen LogP contribution in [0.5, 0.6) is 0 Å². The van der Waals surface area contributed by atoms with E-state index in [4.69, 9.17) is 9.47 Å². The highest BCUT2D eigenvalue weighted by atomic mass is 16.5. The van der Waals surface area contributed by atoms with Gasteiger partial charge in [-0.1, -0.05) is 20.8 Å². The molecule has 1 atom stereocenters. The first-order chi connectivity index (χ1) is 6.52. The summed E-state index contributed by atoms with van der Waals surface area (Å²) in [5.41, 5.74) is 0.246. The van der Waals surface area contributed by atoms with E-state index >= 15 is 0 Å². The highest BCUT2D eigenvalue weighted by Crippen LogP contribution is 2.18. The van der Waals surface area contributed by atoms with Gasteiger partial charge in [0.25, 0.3) is 0 Å². The van der Waals surface area contributed by atoms with Crippen LogP contribution in [0.4, 0.5) is 0 Å². The van der Waals surface area contributed by atoms with Crippen molar-refractivity contribution in [2.24, 2.45) is 5.41 Å². The second kappa shape index (κ2) is 7.21. The molecule has 0 saturated heterocycles. The van der Waals surface area contributed by atoms with Crippen LogP contribution in [0.1, 0.15) is 27.2 Å². The van der Waals surface area contributed by atoms with Gasteiger partial charge in [-0.2, -0.15) is 0 Å². The zero-order chi connectivity index (χ0) is 11.0. The largest absolute Gasteiger partial charge is 0.385 e. The van der Waals surface area contributed by atoms with Crippen LogP contribution >= 0.6 is 0 Å². The molecule has 0 aromatic carbocycles. The lowest BCUT2D eigenvalue weighted by atomic mass is 9.87. The monoisotopic (exact) mass is 203 g/mol. The van der Waals surface area contributed by atoms with E-state index in [2.05, 4.69) is 26.1 Å². The number of nitrogens with one attached hydrogen (secondary N) is 1. The van der Waals surface area contributed by atoms with E-state index in [0.717, 1.165) is 26.2 Å². The maximum absolute atomic E-state index is 5.57. The van der Waals surface area contributed by atoms with Crippen LogP contribution in [-0.4, -0.2) is 40.0 Å². The average molecular weight is 203 g/mol. The summed E-state index contributed by atoms with van der Waals surface area (Å²) in [7, 11) is 3.69. The standard InChI is InChI=1S/C11H25NO2/c1-11(2,3)10(12-4)9-14-8-6-7-13-5/h10,12H,6-9H2,1-5H3. The summed E-state index contributed by atoms with van der Waals surface area (Å²) in [4.78, 5) is 0. The SMILES string of the molecule is CNC(COCCCOC)C(C)(C)C. The molecule has 0 aromatic rings. The topological polar surface area (TPSA) is 30.5 Å². The summed E-state index contributed by atoms with van der Waals surface area (Å²) in [5.74, 6) is 0. The van der Waals surface area contributed by atoms with Gasteiger partial charge in [-0.25, -0.2) is 0 Å². The van der Waals surface area contributed by atoms with Crippen LogP contribution in [-0.2, 0) is 9.47 Å². The second-order valence-electron chi connectivity index (χ2n) is 4.63. The molecule has 3 nitrogen and oxygen atoms in total. The van der Waals surface area contributed by atoms with Gasteiger partial charge in [-0.05, 0) is 18.9 Å². The zero-order valence-electron chi connectivity index (χ0n) is 10.2. The lowest BCUT2D eigenvalue weighted by Crippen LogP contribution is -2.41. The van der Waals surface area contributed by atoms with Crippen LogP contribution < -0.4 is 5.32 Å². The molecule has 0 saturated carbocycles. The zero-order valence-corrected chi connectivity index (χ0v) is 10.2. The Labute approximate surface area is 88.2 Å². The van der Waals surface area contributed by atoms with Crippen LogP contribution in [0, 0.1) is 5.41 Å². The van der Waals surface area contributed by atoms with Crippen molar-refractivity contribution in [2.45, 2.75) is 33.2 Å². The number of hydrogen-bond donors (Lipinski definition) is 1. The minimum absolute atomic E-state index is 0.246.